The predicted octanol–water partition coefficient (Wildman–Crippen LogP) is 5.89. The van der Waals surface area contributed by atoms with Gasteiger partial charge in [0, 0.05) is 10.6 Å². The van der Waals surface area contributed by atoms with Crippen LogP contribution in [0.4, 0.5) is 5.69 Å². The molecule has 156 valence electrons. The molecule has 1 atom stereocenters. The summed E-state index contributed by atoms with van der Waals surface area (Å²) in [6.07, 6.45) is -0.0495. The van der Waals surface area contributed by atoms with Crippen LogP contribution >= 0.6 is 11.6 Å². The van der Waals surface area contributed by atoms with Crippen LogP contribution in [0, 0.1) is 0 Å². The first-order valence-corrected chi connectivity index (χ1v) is 10.8. The molecule has 1 unspecified atom stereocenters. The van der Waals surface area contributed by atoms with Crippen molar-refractivity contribution in [2.45, 2.75) is 18.6 Å². The average molecular weight is 440 g/mol. The van der Waals surface area contributed by atoms with E-state index in [1.165, 1.54) is 0 Å². The molecule has 4 aromatic carbocycles. The second-order valence-electron chi connectivity index (χ2n) is 8.30. The fourth-order valence-electron chi connectivity index (χ4n) is 5.00. The predicted molar refractivity (Wildman–Crippen MR) is 126 cm³/mol. The number of allylic oxidation sites excluding steroid dienone is 1. The van der Waals surface area contributed by atoms with E-state index in [2.05, 4.69) is 36.9 Å². The zero-order valence-corrected chi connectivity index (χ0v) is 17.9. The minimum Gasteiger partial charge on any atom is -0.469 e. The summed E-state index contributed by atoms with van der Waals surface area (Å²) in [6, 6.07) is 23.8. The molecule has 0 saturated carbocycles. The number of hydrogen-bond donors (Lipinski definition) is 0. The molecule has 32 heavy (non-hydrogen) atoms. The van der Waals surface area contributed by atoms with Crippen LogP contribution in [0.25, 0.3) is 21.5 Å². The van der Waals surface area contributed by atoms with Crippen molar-refractivity contribution in [1.82, 2.24) is 0 Å². The molecule has 1 spiro atoms. The highest BCUT2D eigenvalue weighted by Crippen LogP contribution is 2.51. The number of carbonyl (C=O) groups excluding carboxylic acids is 2. The maximum atomic E-state index is 13.8. The molecule has 0 bridgehead atoms. The van der Waals surface area contributed by atoms with Crippen LogP contribution in [0.15, 0.2) is 85.1 Å². The average Bonchev–Trinajstić information content (AvgIpc) is 3.21. The van der Waals surface area contributed by atoms with Gasteiger partial charge in [0.25, 0.3) is 5.91 Å². The van der Waals surface area contributed by atoms with Gasteiger partial charge in [-0.05, 0) is 45.3 Å². The number of carbonyl (C=O) groups is 2. The molecule has 1 saturated heterocycles. The third kappa shape index (κ3) is 2.56. The van der Waals surface area contributed by atoms with Gasteiger partial charge in [-0.1, -0.05) is 72.8 Å². The number of hydrogen-bond acceptors (Lipinski definition) is 3. The van der Waals surface area contributed by atoms with Crippen molar-refractivity contribution in [1.29, 1.82) is 0 Å². The van der Waals surface area contributed by atoms with E-state index in [1.54, 1.807) is 23.1 Å². The van der Waals surface area contributed by atoms with Crippen LogP contribution in [0.3, 0.4) is 0 Å². The summed E-state index contributed by atoms with van der Waals surface area (Å²) >= 11 is 6.32. The molecule has 1 amide bonds. The quantitative estimate of drug-likeness (QED) is 0.289. The molecule has 0 aliphatic carbocycles. The van der Waals surface area contributed by atoms with Crippen molar-refractivity contribution in [3.8, 4) is 0 Å². The van der Waals surface area contributed by atoms with Crippen molar-refractivity contribution in [2.24, 2.45) is 0 Å². The van der Waals surface area contributed by atoms with Gasteiger partial charge in [-0.25, -0.2) is 0 Å². The lowest BCUT2D eigenvalue weighted by molar-refractivity contribution is -0.135. The minimum atomic E-state index is -1.37. The van der Waals surface area contributed by atoms with E-state index in [4.69, 9.17) is 16.3 Å². The van der Waals surface area contributed by atoms with Gasteiger partial charge < -0.3 is 9.64 Å². The Labute approximate surface area is 189 Å². The molecule has 6 rings (SSSR count). The summed E-state index contributed by atoms with van der Waals surface area (Å²) < 4.78 is 5.87. The summed E-state index contributed by atoms with van der Waals surface area (Å²) in [5, 5.41) is 4.89. The van der Waals surface area contributed by atoms with Gasteiger partial charge in [-0.3, -0.25) is 9.59 Å². The fraction of sp³-hybridized carbons (Fsp3) is 0.111. The largest absolute Gasteiger partial charge is 0.469 e. The summed E-state index contributed by atoms with van der Waals surface area (Å²) in [7, 11) is 0. The first-order chi connectivity index (χ1) is 15.5. The summed E-state index contributed by atoms with van der Waals surface area (Å²) in [5.41, 5.74) is 0.998. The third-order valence-corrected chi connectivity index (χ3v) is 6.73. The summed E-state index contributed by atoms with van der Waals surface area (Å²) in [4.78, 5) is 27.9. The van der Waals surface area contributed by atoms with E-state index in [-0.39, 0.29) is 23.9 Å². The van der Waals surface area contributed by atoms with Crippen LogP contribution in [0.2, 0.25) is 5.02 Å². The number of halogens is 1. The van der Waals surface area contributed by atoms with E-state index in [0.29, 0.717) is 22.8 Å². The zero-order chi connectivity index (χ0) is 22.0. The Kier molecular flexibility index (Phi) is 3.99. The highest BCUT2D eigenvalue weighted by atomic mass is 35.5. The molecule has 2 heterocycles. The van der Waals surface area contributed by atoms with Crippen LogP contribution in [-0.2, 0) is 26.5 Å². The number of rotatable bonds is 2. The lowest BCUT2D eigenvalue weighted by atomic mass is 9.92. The number of fused-ring (bicyclic) bond motifs is 4. The SMILES string of the molecule is C=C1OC2(CC1=O)C(=O)N(Cc1c3ccccc3cc3ccccc13)c1cc(Cl)ccc12. The van der Waals surface area contributed by atoms with Gasteiger partial charge in [0.15, 0.2) is 5.76 Å². The smallest absolute Gasteiger partial charge is 0.276 e. The number of benzene rings is 4. The van der Waals surface area contributed by atoms with E-state index in [0.717, 1.165) is 27.1 Å². The number of amides is 1. The van der Waals surface area contributed by atoms with Crippen molar-refractivity contribution in [3.05, 3.63) is 101 Å². The summed E-state index contributed by atoms with van der Waals surface area (Å²) in [6.45, 7) is 4.03. The fourth-order valence-corrected chi connectivity index (χ4v) is 5.17. The number of nitrogens with zero attached hydrogens (tertiary/aromatic N) is 1. The first kappa shape index (κ1) is 19.1. The topological polar surface area (TPSA) is 46.6 Å². The number of anilines is 1. The van der Waals surface area contributed by atoms with E-state index in [1.807, 2.05) is 24.3 Å². The molecule has 0 N–H and O–H groups in total. The highest BCUT2D eigenvalue weighted by molar-refractivity contribution is 6.31. The number of ether oxygens (including phenoxy) is 1. The van der Waals surface area contributed by atoms with Gasteiger partial charge in [0.2, 0.25) is 11.4 Å². The Balaban J connectivity index is 1.57. The van der Waals surface area contributed by atoms with Gasteiger partial charge in [0.05, 0.1) is 18.7 Å². The second-order valence-corrected chi connectivity index (χ2v) is 8.74. The number of Topliss-reactive ketones (excluding diaryl/α,β-unsaturated/α-hetero) is 1. The lowest BCUT2D eigenvalue weighted by Crippen LogP contribution is -2.39. The molecular formula is C27H18ClNO3. The van der Waals surface area contributed by atoms with Crippen LogP contribution < -0.4 is 4.90 Å². The summed E-state index contributed by atoms with van der Waals surface area (Å²) in [5.74, 6) is -0.493. The maximum absolute atomic E-state index is 13.8. The van der Waals surface area contributed by atoms with Gasteiger partial charge in [-0.15, -0.1) is 0 Å². The molecule has 4 aromatic rings. The normalized spacial score (nSPS) is 19.9. The molecule has 2 aliphatic heterocycles. The van der Waals surface area contributed by atoms with Gasteiger partial charge >= 0.3 is 0 Å². The van der Waals surface area contributed by atoms with E-state index < -0.39 is 5.60 Å². The minimum absolute atomic E-state index is 0.0247. The monoisotopic (exact) mass is 439 g/mol. The van der Waals surface area contributed by atoms with Crippen LogP contribution in [0.1, 0.15) is 17.5 Å². The van der Waals surface area contributed by atoms with Crippen LogP contribution in [0.5, 0.6) is 0 Å². The Bertz CT molecular complexity index is 1420. The maximum Gasteiger partial charge on any atom is 0.276 e. The molecule has 2 aliphatic rings. The third-order valence-electron chi connectivity index (χ3n) is 6.49. The van der Waals surface area contributed by atoms with Gasteiger partial charge in [-0.2, -0.15) is 0 Å². The first-order valence-electron chi connectivity index (χ1n) is 10.4. The van der Waals surface area contributed by atoms with Crippen molar-refractivity contribution in [3.63, 3.8) is 0 Å². The van der Waals surface area contributed by atoms with E-state index >= 15 is 0 Å². The molecule has 0 radical (unpaired) electrons. The van der Waals surface area contributed by atoms with E-state index in [9.17, 15) is 9.59 Å². The van der Waals surface area contributed by atoms with Crippen LogP contribution in [-0.4, -0.2) is 11.7 Å². The van der Waals surface area contributed by atoms with Crippen molar-refractivity contribution < 1.29 is 14.3 Å². The Morgan fingerprint density at radius 3 is 2.22 bits per heavy atom. The molecule has 4 nitrogen and oxygen atoms in total. The molecule has 1 fully saturated rings. The zero-order valence-electron chi connectivity index (χ0n) is 17.1. The Hall–Kier alpha value is -3.63. The van der Waals surface area contributed by atoms with Gasteiger partial charge in [0.1, 0.15) is 0 Å². The molecular weight excluding hydrogens is 422 g/mol. The standard InChI is InChI=1S/C27H18ClNO3/c1-16-25(30)14-27(32-16)23-11-10-19(28)13-24(23)29(26(27)31)15-22-20-8-4-2-6-17(20)12-18-7-3-5-9-21(18)22/h2-13H,1,14-15H2. The second kappa shape index (κ2) is 6.68. The van der Waals surface area contributed by atoms with Crippen molar-refractivity contribution in [2.75, 3.05) is 4.90 Å². The Morgan fingerprint density at radius 2 is 1.59 bits per heavy atom. The van der Waals surface area contributed by atoms with Crippen molar-refractivity contribution >= 4 is 50.5 Å². The molecule has 5 heteroatoms. The number of ketones is 1. The Morgan fingerprint density at radius 1 is 0.938 bits per heavy atom. The lowest BCUT2D eigenvalue weighted by Gasteiger charge is -2.24. The molecule has 0 aromatic heterocycles. The highest BCUT2D eigenvalue weighted by Gasteiger charge is 2.58.